The van der Waals surface area contributed by atoms with Crippen LogP contribution in [0.2, 0.25) is 0 Å². The molecule has 0 bridgehead atoms. The predicted molar refractivity (Wildman–Crippen MR) is 60.7 cm³/mol. The minimum absolute atomic E-state index is 0.00172. The summed E-state index contributed by atoms with van der Waals surface area (Å²) in [6.45, 7) is 1.53. The zero-order chi connectivity index (χ0) is 10.8. The van der Waals surface area contributed by atoms with Crippen molar-refractivity contribution in [3.8, 4) is 0 Å². The summed E-state index contributed by atoms with van der Waals surface area (Å²) >= 11 is 4.44. The first-order chi connectivity index (χ1) is 6.46. The summed E-state index contributed by atoms with van der Waals surface area (Å²) in [4.78, 5) is 12.0. The van der Waals surface area contributed by atoms with Gasteiger partial charge in [-0.25, -0.2) is 8.42 Å². The molecule has 6 heteroatoms. The number of sulfone groups is 1. The summed E-state index contributed by atoms with van der Waals surface area (Å²) in [5, 5.41) is 1.75. The molecule has 0 aliphatic carbocycles. The van der Waals surface area contributed by atoms with Crippen LogP contribution in [0.1, 0.15) is 16.6 Å². The molecule has 0 radical (unpaired) electrons. The lowest BCUT2D eigenvalue weighted by Gasteiger charge is -1.98. The number of hydrogen-bond donors (Lipinski definition) is 0. The van der Waals surface area contributed by atoms with Crippen LogP contribution in [0, 0.1) is 0 Å². The molecule has 0 N–H and O–H groups in total. The summed E-state index contributed by atoms with van der Waals surface area (Å²) < 4.78 is 23.0. The van der Waals surface area contributed by atoms with Crippen molar-refractivity contribution in [2.45, 2.75) is 6.92 Å². The Morgan fingerprint density at radius 1 is 1.57 bits per heavy atom. The summed E-state index contributed by atoms with van der Waals surface area (Å²) in [6.07, 6.45) is 0. The summed E-state index contributed by atoms with van der Waals surface area (Å²) in [5.41, 5.74) is 0. The Bertz CT molecular complexity index is 433. The van der Waals surface area contributed by atoms with Crippen molar-refractivity contribution >= 4 is 42.9 Å². The minimum Gasteiger partial charge on any atom is -0.292 e. The quantitative estimate of drug-likeness (QED) is 0.800. The van der Waals surface area contributed by atoms with Crippen LogP contribution in [0.25, 0.3) is 0 Å². The van der Waals surface area contributed by atoms with E-state index in [2.05, 4.69) is 15.9 Å². The topological polar surface area (TPSA) is 51.2 Å². The van der Waals surface area contributed by atoms with Gasteiger partial charge in [-0.1, -0.05) is 6.92 Å². The maximum absolute atomic E-state index is 11.5. The zero-order valence-electron chi connectivity index (χ0n) is 7.49. The van der Waals surface area contributed by atoms with Crippen molar-refractivity contribution < 1.29 is 13.2 Å². The van der Waals surface area contributed by atoms with Gasteiger partial charge in [0.05, 0.1) is 4.88 Å². The van der Waals surface area contributed by atoms with Crippen LogP contribution in [0.4, 0.5) is 0 Å². The molecule has 1 heterocycles. The van der Waals surface area contributed by atoms with Crippen molar-refractivity contribution in [2.75, 3.05) is 11.5 Å². The molecule has 78 valence electrons. The average Bonchev–Trinajstić information content (AvgIpc) is 2.51. The third kappa shape index (κ3) is 2.90. The van der Waals surface area contributed by atoms with Gasteiger partial charge in [-0.2, -0.15) is 0 Å². The Morgan fingerprint density at radius 2 is 2.21 bits per heavy atom. The van der Waals surface area contributed by atoms with E-state index in [4.69, 9.17) is 0 Å². The second-order valence-electron chi connectivity index (χ2n) is 2.70. The fourth-order valence-corrected chi connectivity index (χ4v) is 3.23. The number of halogens is 1. The van der Waals surface area contributed by atoms with Gasteiger partial charge in [0.25, 0.3) is 0 Å². The number of Topliss-reactive ketones (excluding diaryl/α,β-unsaturated/α-hetero) is 1. The number of carbonyl (C=O) groups is 1. The van der Waals surface area contributed by atoms with Crippen molar-refractivity contribution in [3.05, 3.63) is 20.8 Å². The number of carbonyl (C=O) groups excluding carboxylic acids is 1. The SMILES string of the molecule is CCS(=O)(=O)CC(=O)c1sccc1Br. The second kappa shape index (κ2) is 4.55. The first kappa shape index (κ1) is 11.9. The number of rotatable bonds is 4. The Balaban J connectivity index is 2.84. The van der Waals surface area contributed by atoms with Crippen LogP contribution < -0.4 is 0 Å². The molecule has 0 spiro atoms. The summed E-state index contributed by atoms with van der Waals surface area (Å²) in [5.74, 6) is -0.738. The molecule has 1 aromatic rings. The van der Waals surface area contributed by atoms with Crippen LogP contribution in [0.15, 0.2) is 15.9 Å². The smallest absolute Gasteiger partial charge is 0.188 e. The maximum Gasteiger partial charge on any atom is 0.188 e. The lowest BCUT2D eigenvalue weighted by molar-refractivity contribution is 0.102. The van der Waals surface area contributed by atoms with Crippen LogP contribution in [0.3, 0.4) is 0 Å². The van der Waals surface area contributed by atoms with Gasteiger partial charge in [0.1, 0.15) is 5.75 Å². The van der Waals surface area contributed by atoms with E-state index >= 15 is 0 Å². The van der Waals surface area contributed by atoms with Gasteiger partial charge < -0.3 is 0 Å². The zero-order valence-corrected chi connectivity index (χ0v) is 10.7. The molecule has 0 aliphatic rings. The Labute approximate surface area is 95.2 Å². The Morgan fingerprint density at radius 3 is 2.64 bits per heavy atom. The van der Waals surface area contributed by atoms with E-state index in [9.17, 15) is 13.2 Å². The number of ketones is 1. The summed E-state index contributed by atoms with van der Waals surface area (Å²) in [6, 6.07) is 1.73. The lowest BCUT2D eigenvalue weighted by Crippen LogP contribution is -2.17. The van der Waals surface area contributed by atoms with Gasteiger partial charge in [0.2, 0.25) is 0 Å². The normalized spacial score (nSPS) is 11.6. The monoisotopic (exact) mass is 296 g/mol. The second-order valence-corrected chi connectivity index (χ2v) is 6.82. The molecular weight excluding hydrogens is 288 g/mol. The molecule has 1 rings (SSSR count). The third-order valence-corrected chi connectivity index (χ3v) is 5.12. The van der Waals surface area contributed by atoms with Gasteiger partial charge in [0.15, 0.2) is 15.6 Å². The lowest BCUT2D eigenvalue weighted by atomic mass is 10.3. The molecule has 0 atom stereocenters. The van der Waals surface area contributed by atoms with Gasteiger partial charge in [0, 0.05) is 10.2 Å². The summed E-state index contributed by atoms with van der Waals surface area (Å²) in [7, 11) is -3.23. The Kier molecular flexibility index (Phi) is 3.86. The fraction of sp³-hybridized carbons (Fsp3) is 0.375. The van der Waals surface area contributed by atoms with Gasteiger partial charge in [-0.05, 0) is 27.4 Å². The predicted octanol–water partition coefficient (Wildman–Crippen LogP) is 2.13. The van der Waals surface area contributed by atoms with Crippen LogP contribution in [0.5, 0.6) is 0 Å². The molecule has 14 heavy (non-hydrogen) atoms. The van der Waals surface area contributed by atoms with E-state index in [1.165, 1.54) is 18.3 Å². The molecule has 3 nitrogen and oxygen atoms in total. The van der Waals surface area contributed by atoms with Crippen molar-refractivity contribution in [3.63, 3.8) is 0 Å². The van der Waals surface area contributed by atoms with E-state index in [1.54, 1.807) is 11.4 Å². The first-order valence-electron chi connectivity index (χ1n) is 3.93. The maximum atomic E-state index is 11.5. The number of thiophene rings is 1. The van der Waals surface area contributed by atoms with Crippen LogP contribution in [-0.2, 0) is 9.84 Å². The van der Waals surface area contributed by atoms with Crippen molar-refractivity contribution in [1.82, 2.24) is 0 Å². The highest BCUT2D eigenvalue weighted by atomic mass is 79.9. The molecule has 0 aliphatic heterocycles. The van der Waals surface area contributed by atoms with Gasteiger partial charge in [-0.15, -0.1) is 11.3 Å². The van der Waals surface area contributed by atoms with Crippen molar-refractivity contribution in [2.24, 2.45) is 0 Å². The molecule has 1 aromatic heterocycles. The van der Waals surface area contributed by atoms with Crippen LogP contribution >= 0.6 is 27.3 Å². The highest BCUT2D eigenvalue weighted by molar-refractivity contribution is 9.10. The van der Waals surface area contributed by atoms with E-state index in [0.717, 1.165) is 0 Å². The molecule has 0 fully saturated rings. The largest absolute Gasteiger partial charge is 0.292 e. The van der Waals surface area contributed by atoms with E-state index in [1.807, 2.05) is 0 Å². The average molecular weight is 297 g/mol. The highest BCUT2D eigenvalue weighted by Gasteiger charge is 2.18. The number of hydrogen-bond acceptors (Lipinski definition) is 4. The van der Waals surface area contributed by atoms with Crippen LogP contribution in [-0.4, -0.2) is 25.7 Å². The molecular formula is C8H9BrO3S2. The molecule has 0 saturated carbocycles. The van der Waals surface area contributed by atoms with E-state index in [-0.39, 0.29) is 11.5 Å². The fourth-order valence-electron chi connectivity index (χ4n) is 0.860. The first-order valence-corrected chi connectivity index (χ1v) is 7.42. The highest BCUT2D eigenvalue weighted by Crippen LogP contribution is 2.23. The van der Waals surface area contributed by atoms with Crippen molar-refractivity contribution in [1.29, 1.82) is 0 Å². The molecule has 0 unspecified atom stereocenters. The third-order valence-electron chi connectivity index (χ3n) is 1.66. The van der Waals surface area contributed by atoms with Gasteiger partial charge >= 0.3 is 0 Å². The van der Waals surface area contributed by atoms with Gasteiger partial charge in [-0.3, -0.25) is 4.79 Å². The molecule has 0 amide bonds. The molecule has 0 aromatic carbocycles. The minimum atomic E-state index is -3.23. The van der Waals surface area contributed by atoms with E-state index < -0.39 is 15.6 Å². The Hall–Kier alpha value is -0.200. The standard InChI is InChI=1S/C8H9BrO3S2/c1-2-14(11,12)5-7(10)8-6(9)3-4-13-8/h3-4H,2,5H2,1H3. The van der Waals surface area contributed by atoms with E-state index in [0.29, 0.717) is 9.35 Å². The molecule has 0 saturated heterocycles.